The quantitative estimate of drug-likeness (QED) is 0.630. The zero-order chi connectivity index (χ0) is 16.4. The lowest BCUT2D eigenvalue weighted by Crippen LogP contribution is -1.99. The van der Waals surface area contributed by atoms with E-state index in [0.717, 1.165) is 34.4 Å². The average molecular weight is 368 g/mol. The molecule has 0 aliphatic heterocycles. The number of halogens is 2. The summed E-state index contributed by atoms with van der Waals surface area (Å²) >= 11 is 13.6. The third-order valence-corrected chi connectivity index (χ3v) is 5.13. The van der Waals surface area contributed by atoms with Crippen LogP contribution in [0.25, 0.3) is 11.4 Å². The Hall–Kier alpha value is -1.50. The minimum Gasteiger partial charge on any atom is -0.302 e. The van der Waals surface area contributed by atoms with E-state index < -0.39 is 0 Å². The third kappa shape index (κ3) is 3.54. The van der Waals surface area contributed by atoms with Crippen LogP contribution in [0.3, 0.4) is 0 Å². The Kier molecular flexibility index (Phi) is 4.94. The summed E-state index contributed by atoms with van der Waals surface area (Å²) in [6.45, 7) is 2.87. The number of benzene rings is 1. The van der Waals surface area contributed by atoms with Gasteiger partial charge >= 0.3 is 0 Å². The highest BCUT2D eigenvalue weighted by molar-refractivity contribution is 7.98. The topological polar surface area (TPSA) is 48.5 Å². The molecular formula is C15H15Cl2N5S. The molecule has 0 aliphatic rings. The summed E-state index contributed by atoms with van der Waals surface area (Å²) in [6, 6.07) is 5.66. The first kappa shape index (κ1) is 16.4. The van der Waals surface area contributed by atoms with Crippen molar-refractivity contribution >= 4 is 35.0 Å². The number of aryl methyl sites for hydroxylation is 1. The Labute approximate surface area is 148 Å². The van der Waals surface area contributed by atoms with Gasteiger partial charge in [0.25, 0.3) is 0 Å². The van der Waals surface area contributed by atoms with E-state index in [-0.39, 0.29) is 0 Å². The summed E-state index contributed by atoms with van der Waals surface area (Å²) in [5.74, 6) is 1.58. The van der Waals surface area contributed by atoms with Gasteiger partial charge in [-0.3, -0.25) is 4.68 Å². The van der Waals surface area contributed by atoms with E-state index in [1.54, 1.807) is 22.6 Å². The van der Waals surface area contributed by atoms with E-state index in [1.165, 1.54) is 0 Å². The Bertz CT molecular complexity index is 827. The summed E-state index contributed by atoms with van der Waals surface area (Å²) in [5.41, 5.74) is 2.06. The SMILES string of the molecule is CCn1c(SCc2ccc(Cl)c(Cl)c2)nnc1-c1cnn(C)c1. The van der Waals surface area contributed by atoms with Gasteiger partial charge in [-0.1, -0.05) is 41.0 Å². The van der Waals surface area contributed by atoms with E-state index in [4.69, 9.17) is 23.2 Å². The van der Waals surface area contributed by atoms with Crippen molar-refractivity contribution in [2.45, 2.75) is 24.4 Å². The van der Waals surface area contributed by atoms with Crippen molar-refractivity contribution in [3.8, 4) is 11.4 Å². The second kappa shape index (κ2) is 6.95. The van der Waals surface area contributed by atoms with Gasteiger partial charge in [0.2, 0.25) is 0 Å². The van der Waals surface area contributed by atoms with Crippen LogP contribution in [0.2, 0.25) is 10.0 Å². The molecule has 8 heteroatoms. The number of nitrogens with zero attached hydrogens (tertiary/aromatic N) is 5. The summed E-state index contributed by atoms with van der Waals surface area (Å²) < 4.78 is 3.84. The fourth-order valence-electron chi connectivity index (χ4n) is 2.21. The maximum absolute atomic E-state index is 6.06. The van der Waals surface area contributed by atoms with Crippen molar-refractivity contribution in [3.63, 3.8) is 0 Å². The molecule has 0 N–H and O–H groups in total. The molecule has 0 radical (unpaired) electrons. The Morgan fingerprint density at radius 2 is 2.00 bits per heavy atom. The average Bonchev–Trinajstić information content (AvgIpc) is 3.14. The van der Waals surface area contributed by atoms with Gasteiger partial charge in [0.1, 0.15) is 0 Å². The first-order valence-electron chi connectivity index (χ1n) is 7.07. The van der Waals surface area contributed by atoms with E-state index in [9.17, 15) is 0 Å². The van der Waals surface area contributed by atoms with Crippen LogP contribution < -0.4 is 0 Å². The molecule has 3 rings (SSSR count). The number of rotatable bonds is 5. The molecule has 3 aromatic rings. The van der Waals surface area contributed by atoms with Crippen LogP contribution in [0.5, 0.6) is 0 Å². The first-order valence-corrected chi connectivity index (χ1v) is 8.81. The molecule has 120 valence electrons. The third-order valence-electron chi connectivity index (χ3n) is 3.35. The number of aromatic nitrogens is 5. The molecule has 0 spiro atoms. The zero-order valence-corrected chi connectivity index (χ0v) is 15.0. The van der Waals surface area contributed by atoms with E-state index in [1.807, 2.05) is 31.4 Å². The van der Waals surface area contributed by atoms with Crippen molar-refractivity contribution in [1.29, 1.82) is 0 Å². The standard InChI is InChI=1S/C15H15Cl2N5S/c1-3-22-14(11-7-18-21(2)8-11)19-20-15(22)23-9-10-4-5-12(16)13(17)6-10/h4-8H,3,9H2,1-2H3. The van der Waals surface area contributed by atoms with E-state index >= 15 is 0 Å². The van der Waals surface area contributed by atoms with Gasteiger partial charge in [-0.05, 0) is 24.6 Å². The molecule has 5 nitrogen and oxygen atoms in total. The molecular weight excluding hydrogens is 353 g/mol. The predicted octanol–water partition coefficient (Wildman–Crippen LogP) is 4.30. The lowest BCUT2D eigenvalue weighted by Gasteiger charge is -2.06. The van der Waals surface area contributed by atoms with Gasteiger partial charge < -0.3 is 4.57 Å². The van der Waals surface area contributed by atoms with Gasteiger partial charge in [0.05, 0.1) is 21.8 Å². The number of hydrogen-bond donors (Lipinski definition) is 0. The Morgan fingerprint density at radius 3 is 2.65 bits per heavy atom. The fraction of sp³-hybridized carbons (Fsp3) is 0.267. The van der Waals surface area contributed by atoms with Crippen LogP contribution >= 0.6 is 35.0 Å². The summed E-state index contributed by atoms with van der Waals surface area (Å²) in [6.07, 6.45) is 3.73. The van der Waals surface area contributed by atoms with Gasteiger partial charge in [-0.25, -0.2) is 0 Å². The van der Waals surface area contributed by atoms with Gasteiger partial charge in [-0.15, -0.1) is 10.2 Å². The van der Waals surface area contributed by atoms with E-state index in [0.29, 0.717) is 10.0 Å². The smallest absolute Gasteiger partial charge is 0.191 e. The molecule has 0 bridgehead atoms. The normalized spacial score (nSPS) is 11.1. The first-order chi connectivity index (χ1) is 11.1. The minimum atomic E-state index is 0.566. The fourth-order valence-corrected chi connectivity index (χ4v) is 3.47. The summed E-state index contributed by atoms with van der Waals surface area (Å²) in [5, 5.41) is 14.8. The molecule has 0 atom stereocenters. The highest BCUT2D eigenvalue weighted by Crippen LogP contribution is 2.28. The van der Waals surface area contributed by atoms with Crippen LogP contribution in [0.4, 0.5) is 0 Å². The van der Waals surface area contributed by atoms with Crippen LogP contribution in [-0.4, -0.2) is 24.5 Å². The lowest BCUT2D eigenvalue weighted by molar-refractivity contribution is 0.687. The molecule has 2 heterocycles. The number of thioether (sulfide) groups is 1. The molecule has 0 unspecified atom stereocenters. The maximum Gasteiger partial charge on any atom is 0.191 e. The van der Waals surface area contributed by atoms with Crippen molar-refractivity contribution < 1.29 is 0 Å². The molecule has 0 fully saturated rings. The minimum absolute atomic E-state index is 0.566. The molecule has 0 aliphatic carbocycles. The highest BCUT2D eigenvalue weighted by Gasteiger charge is 2.14. The van der Waals surface area contributed by atoms with Crippen molar-refractivity contribution in [3.05, 3.63) is 46.2 Å². The molecule has 23 heavy (non-hydrogen) atoms. The molecule has 0 amide bonds. The second-order valence-corrected chi connectivity index (χ2v) is 6.75. The van der Waals surface area contributed by atoms with Crippen LogP contribution in [0, 0.1) is 0 Å². The number of hydrogen-bond acceptors (Lipinski definition) is 4. The van der Waals surface area contributed by atoms with Crippen LogP contribution in [-0.2, 0) is 19.3 Å². The summed E-state index contributed by atoms with van der Waals surface area (Å²) in [4.78, 5) is 0. The van der Waals surface area contributed by atoms with Crippen molar-refractivity contribution in [2.75, 3.05) is 0 Å². The highest BCUT2D eigenvalue weighted by atomic mass is 35.5. The Balaban J connectivity index is 1.80. The second-order valence-electron chi connectivity index (χ2n) is 4.99. The van der Waals surface area contributed by atoms with Gasteiger partial charge in [0.15, 0.2) is 11.0 Å². The molecule has 0 saturated heterocycles. The van der Waals surface area contributed by atoms with Gasteiger partial charge in [-0.2, -0.15) is 5.10 Å². The molecule has 2 aromatic heterocycles. The summed E-state index contributed by atoms with van der Waals surface area (Å²) in [7, 11) is 1.89. The predicted molar refractivity (Wildman–Crippen MR) is 93.9 cm³/mol. The lowest BCUT2D eigenvalue weighted by atomic mass is 10.2. The van der Waals surface area contributed by atoms with Crippen molar-refractivity contribution in [1.82, 2.24) is 24.5 Å². The van der Waals surface area contributed by atoms with Gasteiger partial charge in [0, 0.05) is 25.5 Å². The van der Waals surface area contributed by atoms with Crippen molar-refractivity contribution in [2.24, 2.45) is 7.05 Å². The van der Waals surface area contributed by atoms with Crippen LogP contribution in [0.1, 0.15) is 12.5 Å². The van der Waals surface area contributed by atoms with Crippen LogP contribution in [0.15, 0.2) is 35.7 Å². The maximum atomic E-state index is 6.06. The Morgan fingerprint density at radius 1 is 1.17 bits per heavy atom. The molecule has 1 aromatic carbocycles. The largest absolute Gasteiger partial charge is 0.302 e. The zero-order valence-electron chi connectivity index (χ0n) is 12.7. The monoisotopic (exact) mass is 367 g/mol. The van der Waals surface area contributed by atoms with E-state index in [2.05, 4.69) is 26.8 Å². The molecule has 0 saturated carbocycles.